The number of nitrogens with one attached hydrogen (secondary N) is 2. The Labute approximate surface area is 162 Å². The van der Waals surface area contributed by atoms with Gasteiger partial charge < -0.3 is 20.5 Å². The standard InChI is InChI=1S/C18H25N3O7/c1-11(19-16(23)12-6-5-7-13(10-12)21(26)27)15(22)20-14(17(24)25)8-9-28-18(2,3)4/h5-7,10-11,14H,8-9H2,1-4H3,(H,19,23)(H,20,22)(H,24,25). The van der Waals surface area contributed by atoms with Crippen molar-refractivity contribution in [2.45, 2.75) is 51.8 Å². The van der Waals surface area contributed by atoms with Gasteiger partial charge in [-0.2, -0.15) is 0 Å². The molecule has 28 heavy (non-hydrogen) atoms. The van der Waals surface area contributed by atoms with E-state index in [1.807, 2.05) is 20.8 Å². The fourth-order valence-electron chi connectivity index (χ4n) is 2.14. The highest BCUT2D eigenvalue weighted by atomic mass is 16.6. The molecule has 0 aliphatic rings. The molecule has 0 fully saturated rings. The highest BCUT2D eigenvalue weighted by Crippen LogP contribution is 2.13. The number of non-ortho nitro benzene ring substituents is 1. The Hall–Kier alpha value is -3.01. The highest BCUT2D eigenvalue weighted by molar-refractivity contribution is 5.98. The van der Waals surface area contributed by atoms with Crippen molar-refractivity contribution in [3.05, 3.63) is 39.9 Å². The van der Waals surface area contributed by atoms with Gasteiger partial charge in [-0.15, -0.1) is 0 Å². The van der Waals surface area contributed by atoms with Crippen LogP contribution in [0.5, 0.6) is 0 Å². The number of carboxylic acid groups (broad SMARTS) is 1. The van der Waals surface area contributed by atoms with Gasteiger partial charge in [0.2, 0.25) is 5.91 Å². The van der Waals surface area contributed by atoms with Gasteiger partial charge in [0.15, 0.2) is 0 Å². The first-order chi connectivity index (χ1) is 12.9. The van der Waals surface area contributed by atoms with E-state index in [0.29, 0.717) is 0 Å². The molecule has 1 aromatic carbocycles. The first kappa shape index (κ1) is 23.0. The Bertz CT molecular complexity index is 743. The van der Waals surface area contributed by atoms with Crippen LogP contribution in [-0.4, -0.2) is 52.1 Å². The third-order valence-corrected chi connectivity index (χ3v) is 3.62. The fraction of sp³-hybridized carbons (Fsp3) is 0.500. The molecule has 0 aliphatic carbocycles. The van der Waals surface area contributed by atoms with Gasteiger partial charge in [0, 0.05) is 30.7 Å². The van der Waals surface area contributed by atoms with Gasteiger partial charge in [0.1, 0.15) is 12.1 Å². The number of hydrogen-bond acceptors (Lipinski definition) is 6. The summed E-state index contributed by atoms with van der Waals surface area (Å²) >= 11 is 0. The maximum atomic E-state index is 12.2. The molecule has 154 valence electrons. The molecule has 2 amide bonds. The highest BCUT2D eigenvalue weighted by Gasteiger charge is 2.25. The van der Waals surface area contributed by atoms with Crippen LogP contribution >= 0.6 is 0 Å². The van der Waals surface area contributed by atoms with Gasteiger partial charge in [-0.05, 0) is 33.8 Å². The molecule has 0 bridgehead atoms. The minimum Gasteiger partial charge on any atom is -0.480 e. The third kappa shape index (κ3) is 7.70. The van der Waals surface area contributed by atoms with Crippen LogP contribution < -0.4 is 10.6 Å². The number of carbonyl (C=O) groups is 3. The second kappa shape index (κ2) is 9.79. The second-order valence-electron chi connectivity index (χ2n) is 7.15. The average molecular weight is 395 g/mol. The minimum absolute atomic E-state index is 0.0159. The van der Waals surface area contributed by atoms with E-state index in [9.17, 15) is 29.6 Å². The lowest BCUT2D eigenvalue weighted by Gasteiger charge is -2.22. The number of nitro groups is 1. The topological polar surface area (TPSA) is 148 Å². The number of ether oxygens (including phenoxy) is 1. The first-order valence-corrected chi connectivity index (χ1v) is 8.63. The van der Waals surface area contributed by atoms with E-state index in [2.05, 4.69) is 10.6 Å². The van der Waals surface area contributed by atoms with Crippen LogP contribution in [0.2, 0.25) is 0 Å². The van der Waals surface area contributed by atoms with E-state index in [1.54, 1.807) is 0 Å². The van der Waals surface area contributed by atoms with Crippen LogP contribution in [0.15, 0.2) is 24.3 Å². The second-order valence-corrected chi connectivity index (χ2v) is 7.15. The van der Waals surface area contributed by atoms with E-state index in [0.717, 1.165) is 6.07 Å². The maximum absolute atomic E-state index is 12.2. The van der Waals surface area contributed by atoms with Crippen LogP contribution in [0.4, 0.5) is 5.69 Å². The minimum atomic E-state index is -1.22. The Kier molecular flexibility index (Phi) is 8.05. The smallest absolute Gasteiger partial charge is 0.326 e. The summed E-state index contributed by atoms with van der Waals surface area (Å²) in [6, 6.07) is 2.84. The number of nitro benzene ring substituents is 1. The van der Waals surface area contributed by atoms with Crippen LogP contribution in [0.1, 0.15) is 44.5 Å². The van der Waals surface area contributed by atoms with Crippen molar-refractivity contribution in [3.63, 3.8) is 0 Å². The number of amides is 2. The monoisotopic (exact) mass is 395 g/mol. The summed E-state index contributed by atoms with van der Waals surface area (Å²) < 4.78 is 5.47. The van der Waals surface area contributed by atoms with E-state index >= 15 is 0 Å². The molecule has 10 nitrogen and oxygen atoms in total. The predicted octanol–water partition coefficient (Wildman–Crippen LogP) is 1.49. The SMILES string of the molecule is CC(NC(=O)c1cccc([N+](=O)[O-])c1)C(=O)NC(CCOC(C)(C)C)C(=O)O. The lowest BCUT2D eigenvalue weighted by molar-refractivity contribution is -0.384. The van der Waals surface area contributed by atoms with Crippen molar-refractivity contribution < 1.29 is 29.2 Å². The van der Waals surface area contributed by atoms with Gasteiger partial charge in [0.25, 0.3) is 11.6 Å². The zero-order valence-corrected chi connectivity index (χ0v) is 16.2. The van der Waals surface area contributed by atoms with Crippen LogP contribution in [0, 0.1) is 10.1 Å². The summed E-state index contributed by atoms with van der Waals surface area (Å²) in [6.07, 6.45) is 0.0594. The molecule has 0 heterocycles. The molecule has 2 atom stereocenters. The lowest BCUT2D eigenvalue weighted by Crippen LogP contribution is -2.50. The molecule has 3 N–H and O–H groups in total. The first-order valence-electron chi connectivity index (χ1n) is 8.63. The van der Waals surface area contributed by atoms with E-state index in [-0.39, 0.29) is 24.3 Å². The number of nitrogens with zero attached hydrogens (tertiary/aromatic N) is 1. The lowest BCUT2D eigenvalue weighted by atomic mass is 10.1. The van der Waals surface area contributed by atoms with Crippen LogP contribution in [-0.2, 0) is 14.3 Å². The number of carboxylic acids is 1. The number of carbonyl (C=O) groups excluding carboxylic acids is 2. The molecule has 2 unspecified atom stereocenters. The number of hydrogen-bond donors (Lipinski definition) is 3. The summed E-state index contributed by atoms with van der Waals surface area (Å²) in [5, 5.41) is 24.8. The normalized spacial score (nSPS) is 13.3. The third-order valence-electron chi connectivity index (χ3n) is 3.62. The van der Waals surface area contributed by atoms with E-state index in [4.69, 9.17) is 4.74 Å². The molecule has 1 aromatic rings. The van der Waals surface area contributed by atoms with Gasteiger partial charge in [-0.25, -0.2) is 4.79 Å². The summed E-state index contributed by atoms with van der Waals surface area (Å²) in [5.41, 5.74) is -0.677. The van der Waals surface area contributed by atoms with Crippen molar-refractivity contribution in [2.24, 2.45) is 0 Å². The molecule has 10 heteroatoms. The average Bonchev–Trinajstić information content (AvgIpc) is 2.59. The summed E-state index contributed by atoms with van der Waals surface area (Å²) in [5.74, 6) is -2.60. The van der Waals surface area contributed by atoms with E-state index in [1.165, 1.54) is 25.1 Å². The molecule has 0 saturated carbocycles. The maximum Gasteiger partial charge on any atom is 0.326 e. The molecule has 0 spiro atoms. The zero-order valence-electron chi connectivity index (χ0n) is 16.2. The van der Waals surface area contributed by atoms with Crippen LogP contribution in [0.3, 0.4) is 0 Å². The molecule has 0 radical (unpaired) electrons. The van der Waals surface area contributed by atoms with Gasteiger partial charge >= 0.3 is 5.97 Å². The molecule has 0 aliphatic heterocycles. The van der Waals surface area contributed by atoms with Crippen molar-refractivity contribution in [2.75, 3.05) is 6.61 Å². The van der Waals surface area contributed by atoms with Gasteiger partial charge in [-0.3, -0.25) is 19.7 Å². The van der Waals surface area contributed by atoms with Crippen molar-refractivity contribution in [1.82, 2.24) is 10.6 Å². The fourth-order valence-corrected chi connectivity index (χ4v) is 2.14. The molecule has 0 saturated heterocycles. The van der Waals surface area contributed by atoms with Crippen molar-refractivity contribution in [1.29, 1.82) is 0 Å². The Morgan fingerprint density at radius 2 is 1.89 bits per heavy atom. The summed E-state index contributed by atoms with van der Waals surface area (Å²) in [6.45, 7) is 7.00. The van der Waals surface area contributed by atoms with E-state index < -0.39 is 40.4 Å². The Balaban J connectivity index is 2.67. The van der Waals surface area contributed by atoms with Gasteiger partial charge in [0.05, 0.1) is 10.5 Å². The number of aliphatic carboxylic acids is 1. The number of rotatable bonds is 9. The molecular weight excluding hydrogens is 370 g/mol. The Morgan fingerprint density at radius 3 is 2.43 bits per heavy atom. The quantitative estimate of drug-likeness (QED) is 0.424. The molecule has 1 rings (SSSR count). The summed E-state index contributed by atoms with van der Waals surface area (Å²) in [7, 11) is 0. The molecular formula is C18H25N3O7. The number of benzene rings is 1. The predicted molar refractivity (Wildman–Crippen MR) is 99.9 cm³/mol. The van der Waals surface area contributed by atoms with Crippen LogP contribution in [0.25, 0.3) is 0 Å². The van der Waals surface area contributed by atoms with Crippen molar-refractivity contribution >= 4 is 23.5 Å². The summed E-state index contributed by atoms with van der Waals surface area (Å²) in [4.78, 5) is 45.9. The van der Waals surface area contributed by atoms with Gasteiger partial charge in [-0.1, -0.05) is 6.07 Å². The Morgan fingerprint density at radius 1 is 1.25 bits per heavy atom. The molecule has 0 aromatic heterocycles. The zero-order chi connectivity index (χ0) is 21.5. The van der Waals surface area contributed by atoms with Crippen molar-refractivity contribution in [3.8, 4) is 0 Å². The largest absolute Gasteiger partial charge is 0.480 e.